The van der Waals surface area contributed by atoms with Crippen LogP contribution in [0.1, 0.15) is 16.7 Å². The number of thiophene rings is 1. The second-order valence-electron chi connectivity index (χ2n) is 17.1. The summed E-state index contributed by atoms with van der Waals surface area (Å²) >= 11 is 1.80. The minimum absolute atomic E-state index is 0.605. The molecule has 10 aromatic carbocycles. The second kappa shape index (κ2) is 14.1. The summed E-state index contributed by atoms with van der Waals surface area (Å²) in [5.41, 5.74) is 11.8. The quantitative estimate of drug-likeness (QED) is 0.177. The van der Waals surface area contributed by atoms with Crippen molar-refractivity contribution in [2.45, 2.75) is 6.42 Å². The number of hydrogen-bond donors (Lipinski definition) is 0. The molecule has 13 aromatic rings. The molecule has 1 aliphatic carbocycles. The van der Waals surface area contributed by atoms with Crippen LogP contribution in [0.2, 0.25) is 0 Å². The average Bonchev–Trinajstić information content (AvgIpc) is 3.91. The fraction of sp³-hybridized carbons (Fsp3) is 0.0167. The van der Waals surface area contributed by atoms with Gasteiger partial charge >= 0.3 is 0 Å². The number of furan rings is 1. The number of nitrogens with zero attached hydrogens (tertiary/aromatic N) is 3. The smallest absolute Gasteiger partial charge is 0.164 e. The second-order valence-corrected chi connectivity index (χ2v) is 18.2. The molecule has 14 rings (SSSR count). The first-order valence-electron chi connectivity index (χ1n) is 22.0. The van der Waals surface area contributed by atoms with Crippen LogP contribution in [-0.2, 0) is 6.42 Å². The van der Waals surface area contributed by atoms with Crippen molar-refractivity contribution in [2.75, 3.05) is 0 Å². The van der Waals surface area contributed by atoms with Crippen LogP contribution in [-0.4, -0.2) is 15.0 Å². The summed E-state index contributed by atoms with van der Waals surface area (Å²) in [5, 5.41) is 11.6. The van der Waals surface area contributed by atoms with Crippen LogP contribution in [0.25, 0.3) is 131 Å². The Morgan fingerprint density at radius 3 is 1.83 bits per heavy atom. The van der Waals surface area contributed by atoms with Gasteiger partial charge in [-0.05, 0) is 121 Å². The number of aromatic nitrogens is 3. The fourth-order valence-electron chi connectivity index (χ4n) is 10.2. The van der Waals surface area contributed by atoms with E-state index in [0.717, 1.165) is 72.2 Å². The number of hydrogen-bond acceptors (Lipinski definition) is 5. The van der Waals surface area contributed by atoms with Gasteiger partial charge in [0.05, 0.1) is 0 Å². The van der Waals surface area contributed by atoms with Crippen LogP contribution in [0, 0.1) is 0 Å². The van der Waals surface area contributed by atoms with Gasteiger partial charge in [-0.1, -0.05) is 152 Å². The molecule has 0 saturated heterocycles. The Morgan fingerprint density at radius 2 is 0.985 bits per heavy atom. The van der Waals surface area contributed by atoms with Crippen LogP contribution in [0.3, 0.4) is 0 Å². The van der Waals surface area contributed by atoms with E-state index in [1.165, 1.54) is 58.8 Å². The first kappa shape index (κ1) is 36.3. The highest BCUT2D eigenvalue weighted by Crippen LogP contribution is 2.44. The third kappa shape index (κ3) is 5.86. The van der Waals surface area contributed by atoms with E-state index >= 15 is 0 Å². The van der Waals surface area contributed by atoms with E-state index in [1.807, 2.05) is 0 Å². The zero-order valence-electron chi connectivity index (χ0n) is 34.9. The lowest BCUT2D eigenvalue weighted by Crippen LogP contribution is -2.04. The van der Waals surface area contributed by atoms with Crippen LogP contribution in [0.15, 0.2) is 199 Å². The minimum atomic E-state index is 0.605. The fourth-order valence-corrected chi connectivity index (χ4v) is 11.3. The number of benzene rings is 10. The van der Waals surface area contributed by atoms with Crippen molar-refractivity contribution in [3.8, 4) is 45.3 Å². The summed E-state index contributed by atoms with van der Waals surface area (Å²) in [6.45, 7) is 0. The topological polar surface area (TPSA) is 51.8 Å². The van der Waals surface area contributed by atoms with Gasteiger partial charge in [-0.25, -0.2) is 15.0 Å². The lowest BCUT2D eigenvalue weighted by atomic mass is 9.80. The first-order valence-corrected chi connectivity index (χ1v) is 22.8. The normalized spacial score (nSPS) is 13.2. The molecule has 0 atom stereocenters. The predicted octanol–water partition coefficient (Wildman–Crippen LogP) is 16.4. The maximum atomic E-state index is 6.77. The molecule has 0 aliphatic heterocycles. The Morgan fingerprint density at radius 1 is 0.385 bits per heavy atom. The molecule has 4 nitrogen and oxygen atoms in total. The monoisotopic (exact) mass is 845 g/mol. The van der Waals surface area contributed by atoms with E-state index in [-0.39, 0.29) is 0 Å². The molecule has 0 fully saturated rings. The van der Waals surface area contributed by atoms with E-state index in [0.29, 0.717) is 17.5 Å². The van der Waals surface area contributed by atoms with Crippen LogP contribution < -0.4 is 0 Å². The van der Waals surface area contributed by atoms with Gasteiger partial charge in [-0.3, -0.25) is 0 Å². The van der Waals surface area contributed by atoms with Crippen molar-refractivity contribution in [1.29, 1.82) is 0 Å². The lowest BCUT2D eigenvalue weighted by Gasteiger charge is -2.24. The Bertz CT molecular complexity index is 4170. The standard InChI is InChI=1S/C60H35N3OS/c1-2-14-37-29-50-42(26-36(37)13-1)27-41(45-19-7-8-20-46(45)50)28-43-32-55-53(52-30-38-15-3-4-16-39(38)31-54(52)64-55)34-51(43)60-62-58(40-24-25-48-47-21-9-10-23-56(47)65-57(48)33-40)61-59(63-60)49-22-11-17-35-12-5-6-18-44(35)49/h1-26,28-34H,27H2/b41-28-. The van der Waals surface area contributed by atoms with Gasteiger partial charge in [0.25, 0.3) is 0 Å². The molecule has 0 bridgehead atoms. The van der Waals surface area contributed by atoms with E-state index in [4.69, 9.17) is 19.4 Å². The van der Waals surface area contributed by atoms with Crippen molar-refractivity contribution in [1.82, 2.24) is 15.0 Å². The summed E-state index contributed by atoms with van der Waals surface area (Å²) in [7, 11) is 0. The third-order valence-corrected chi connectivity index (χ3v) is 14.4. The minimum Gasteiger partial charge on any atom is -0.456 e. The largest absolute Gasteiger partial charge is 0.456 e. The summed E-state index contributed by atoms with van der Waals surface area (Å²) < 4.78 is 9.24. The highest BCUT2D eigenvalue weighted by Gasteiger charge is 2.24. The molecule has 0 N–H and O–H groups in total. The van der Waals surface area contributed by atoms with Crippen LogP contribution >= 0.6 is 11.3 Å². The van der Waals surface area contributed by atoms with Crippen molar-refractivity contribution < 1.29 is 4.42 Å². The molecule has 3 aromatic heterocycles. The number of allylic oxidation sites excluding steroid dienone is 1. The van der Waals surface area contributed by atoms with Crippen LogP contribution in [0.5, 0.6) is 0 Å². The Balaban J connectivity index is 1.04. The predicted molar refractivity (Wildman–Crippen MR) is 272 cm³/mol. The van der Waals surface area contributed by atoms with E-state index in [1.54, 1.807) is 11.3 Å². The average molecular weight is 846 g/mol. The first-order chi connectivity index (χ1) is 32.1. The lowest BCUT2D eigenvalue weighted by molar-refractivity contribution is 0.669. The molecule has 5 heteroatoms. The van der Waals surface area contributed by atoms with Gasteiger partial charge in [0.1, 0.15) is 11.2 Å². The van der Waals surface area contributed by atoms with Gasteiger partial charge < -0.3 is 4.42 Å². The Hall–Kier alpha value is -8.25. The van der Waals surface area contributed by atoms with Gasteiger partial charge in [-0.15, -0.1) is 11.3 Å². The van der Waals surface area contributed by atoms with Crippen molar-refractivity contribution in [2.24, 2.45) is 0 Å². The Kier molecular flexibility index (Phi) is 7.88. The zero-order chi connectivity index (χ0) is 42.6. The molecular formula is C60H35N3OS. The SMILES string of the molecule is C(=C1\Cc2cc3ccccc3cc2-c2ccccc21)/c1cc2oc3cc4ccccc4cc3c2cc1-c1nc(-c2ccc3c(c2)sc2ccccc23)nc(-c2cccc3ccccc23)n1. The van der Waals surface area contributed by atoms with E-state index < -0.39 is 0 Å². The van der Waals surface area contributed by atoms with Gasteiger partial charge in [0, 0.05) is 47.6 Å². The van der Waals surface area contributed by atoms with Gasteiger partial charge in [0.2, 0.25) is 0 Å². The summed E-state index contributed by atoms with van der Waals surface area (Å²) in [6.07, 6.45) is 3.12. The summed E-state index contributed by atoms with van der Waals surface area (Å²) in [4.78, 5) is 16.2. The highest BCUT2D eigenvalue weighted by atomic mass is 32.1. The van der Waals surface area contributed by atoms with E-state index in [9.17, 15) is 0 Å². The van der Waals surface area contributed by atoms with Crippen molar-refractivity contribution >= 4 is 97.4 Å². The number of fused-ring (bicyclic) bond motifs is 12. The van der Waals surface area contributed by atoms with Gasteiger partial charge in [-0.2, -0.15) is 0 Å². The van der Waals surface area contributed by atoms with Crippen LogP contribution in [0.4, 0.5) is 0 Å². The summed E-state index contributed by atoms with van der Waals surface area (Å²) in [6, 6.07) is 69.6. The molecule has 0 amide bonds. The molecule has 302 valence electrons. The summed E-state index contributed by atoms with van der Waals surface area (Å²) in [5.74, 6) is 1.86. The maximum Gasteiger partial charge on any atom is 0.164 e. The van der Waals surface area contributed by atoms with Crippen molar-refractivity contribution in [3.63, 3.8) is 0 Å². The molecule has 3 heterocycles. The third-order valence-electron chi connectivity index (χ3n) is 13.3. The molecule has 0 radical (unpaired) electrons. The van der Waals surface area contributed by atoms with Gasteiger partial charge in [0.15, 0.2) is 17.5 Å². The highest BCUT2D eigenvalue weighted by molar-refractivity contribution is 7.25. The zero-order valence-corrected chi connectivity index (χ0v) is 35.7. The molecule has 1 aliphatic rings. The molecule has 65 heavy (non-hydrogen) atoms. The molecular weight excluding hydrogens is 811 g/mol. The van der Waals surface area contributed by atoms with E-state index in [2.05, 4.69) is 200 Å². The number of rotatable bonds is 4. The van der Waals surface area contributed by atoms with Crippen molar-refractivity contribution in [3.05, 3.63) is 211 Å². The molecule has 0 unspecified atom stereocenters. The molecule has 0 saturated carbocycles. The Labute approximate surface area is 377 Å². The maximum absolute atomic E-state index is 6.77. The molecule has 0 spiro atoms.